The van der Waals surface area contributed by atoms with Gasteiger partial charge >= 0.3 is 0 Å². The van der Waals surface area contributed by atoms with Crippen LogP contribution in [0.5, 0.6) is 0 Å². The van der Waals surface area contributed by atoms with Gasteiger partial charge in [0.2, 0.25) is 5.91 Å². The quantitative estimate of drug-likeness (QED) is 0.854. The molecule has 0 radical (unpaired) electrons. The Balaban J connectivity index is 1.27. The Bertz CT molecular complexity index is 824. The van der Waals surface area contributed by atoms with Gasteiger partial charge in [-0.3, -0.25) is 9.59 Å². The highest BCUT2D eigenvalue weighted by molar-refractivity contribution is 7.10. The number of amides is 2. The fourth-order valence-electron chi connectivity index (χ4n) is 3.81. The van der Waals surface area contributed by atoms with E-state index >= 15 is 0 Å². The molecule has 1 aromatic heterocycles. The molecule has 0 unspecified atom stereocenters. The molecule has 4 nitrogen and oxygen atoms in total. The molecule has 2 amide bonds. The number of carbonyl (C=O) groups is 2. The number of likely N-dealkylation sites (tertiary alicyclic amines) is 1. The lowest BCUT2D eigenvalue weighted by Crippen LogP contribution is -2.43. The number of hydrogen-bond donors (Lipinski definition) is 1. The Morgan fingerprint density at radius 1 is 1.15 bits per heavy atom. The van der Waals surface area contributed by atoms with Gasteiger partial charge in [0.15, 0.2) is 0 Å². The average Bonchev–Trinajstić information content (AvgIpc) is 3.32. The molecule has 2 heterocycles. The molecule has 142 valence electrons. The van der Waals surface area contributed by atoms with E-state index < -0.39 is 5.82 Å². The van der Waals surface area contributed by atoms with E-state index in [9.17, 15) is 14.0 Å². The van der Waals surface area contributed by atoms with Crippen molar-refractivity contribution in [2.24, 2.45) is 5.92 Å². The molecule has 2 aromatic rings. The second kappa shape index (κ2) is 7.43. The Morgan fingerprint density at radius 2 is 1.89 bits per heavy atom. The van der Waals surface area contributed by atoms with Gasteiger partial charge in [-0.25, -0.2) is 4.39 Å². The zero-order valence-electron chi connectivity index (χ0n) is 15.1. The Labute approximate surface area is 162 Å². The van der Waals surface area contributed by atoms with Gasteiger partial charge in [0.25, 0.3) is 5.91 Å². The van der Waals surface area contributed by atoms with Gasteiger partial charge in [-0.05, 0) is 55.2 Å². The Kier molecular flexibility index (Phi) is 5.00. The van der Waals surface area contributed by atoms with Gasteiger partial charge in [0, 0.05) is 24.5 Å². The highest BCUT2D eigenvalue weighted by Gasteiger charge is 2.52. The summed E-state index contributed by atoms with van der Waals surface area (Å²) in [5, 5.41) is 5.15. The van der Waals surface area contributed by atoms with Crippen molar-refractivity contribution in [3.05, 3.63) is 58.0 Å². The summed E-state index contributed by atoms with van der Waals surface area (Å²) in [5.41, 5.74) is -0.161. The lowest BCUT2D eigenvalue weighted by molar-refractivity contribution is -0.123. The van der Waals surface area contributed by atoms with Crippen molar-refractivity contribution < 1.29 is 14.0 Å². The first-order valence-electron chi connectivity index (χ1n) is 9.46. The van der Waals surface area contributed by atoms with Crippen molar-refractivity contribution in [3.63, 3.8) is 0 Å². The summed E-state index contributed by atoms with van der Waals surface area (Å²) in [6.45, 7) is 1.85. The molecular weight excluding hydrogens is 363 g/mol. The lowest BCUT2D eigenvalue weighted by Gasteiger charge is -2.32. The molecule has 1 aliphatic heterocycles. The number of hydrogen-bond acceptors (Lipinski definition) is 3. The minimum atomic E-state index is -0.472. The van der Waals surface area contributed by atoms with Crippen LogP contribution in [0.3, 0.4) is 0 Å². The lowest BCUT2D eigenvalue weighted by atomic mass is 9.95. The molecule has 0 spiro atoms. The van der Waals surface area contributed by atoms with E-state index in [1.165, 1.54) is 12.1 Å². The highest BCUT2D eigenvalue weighted by atomic mass is 32.1. The summed E-state index contributed by atoms with van der Waals surface area (Å²) in [4.78, 5) is 28.0. The summed E-state index contributed by atoms with van der Waals surface area (Å²) in [5.74, 6) is -0.224. The van der Waals surface area contributed by atoms with Gasteiger partial charge in [-0.2, -0.15) is 0 Å². The van der Waals surface area contributed by atoms with Crippen molar-refractivity contribution in [2.75, 3.05) is 19.6 Å². The van der Waals surface area contributed by atoms with Crippen molar-refractivity contribution in [1.82, 2.24) is 10.2 Å². The maximum atomic E-state index is 13.8. The Morgan fingerprint density at radius 3 is 2.52 bits per heavy atom. The van der Waals surface area contributed by atoms with E-state index in [4.69, 9.17) is 0 Å². The normalized spacial score (nSPS) is 18.9. The van der Waals surface area contributed by atoms with E-state index in [1.807, 2.05) is 17.5 Å². The van der Waals surface area contributed by atoms with E-state index in [1.54, 1.807) is 28.4 Å². The van der Waals surface area contributed by atoms with E-state index in [-0.39, 0.29) is 22.8 Å². The average molecular weight is 386 g/mol. The minimum Gasteiger partial charge on any atom is -0.355 e. The van der Waals surface area contributed by atoms with Crippen molar-refractivity contribution in [2.45, 2.75) is 31.1 Å². The maximum absolute atomic E-state index is 13.8. The number of piperidine rings is 1. The molecule has 27 heavy (non-hydrogen) atoms. The molecule has 4 rings (SSSR count). The fraction of sp³-hybridized carbons (Fsp3) is 0.429. The van der Waals surface area contributed by atoms with Crippen LogP contribution in [0.25, 0.3) is 0 Å². The molecule has 1 saturated carbocycles. The van der Waals surface area contributed by atoms with Crippen LogP contribution in [0, 0.1) is 11.7 Å². The van der Waals surface area contributed by atoms with Crippen molar-refractivity contribution >= 4 is 23.2 Å². The van der Waals surface area contributed by atoms with Gasteiger partial charge in [0.05, 0.1) is 11.0 Å². The highest BCUT2D eigenvalue weighted by Crippen LogP contribution is 2.50. The first-order chi connectivity index (χ1) is 13.1. The largest absolute Gasteiger partial charge is 0.355 e. The van der Waals surface area contributed by atoms with Crippen LogP contribution in [0.2, 0.25) is 0 Å². The second-order valence-corrected chi connectivity index (χ2v) is 8.43. The molecule has 6 heteroatoms. The second-order valence-electron chi connectivity index (χ2n) is 7.48. The van der Waals surface area contributed by atoms with Crippen LogP contribution in [-0.2, 0) is 10.2 Å². The number of carbonyl (C=O) groups excluding carboxylic acids is 2. The zero-order valence-corrected chi connectivity index (χ0v) is 15.9. The number of nitrogens with zero attached hydrogens (tertiary/aromatic N) is 1. The van der Waals surface area contributed by atoms with Gasteiger partial charge < -0.3 is 10.2 Å². The third-order valence-electron chi connectivity index (χ3n) is 5.73. The number of nitrogens with one attached hydrogen (secondary N) is 1. The number of benzene rings is 1. The van der Waals surface area contributed by atoms with E-state index in [0.29, 0.717) is 25.6 Å². The van der Waals surface area contributed by atoms with E-state index in [0.717, 1.165) is 30.6 Å². The molecule has 2 aliphatic rings. The Hall–Kier alpha value is -2.21. The van der Waals surface area contributed by atoms with Crippen molar-refractivity contribution in [3.8, 4) is 0 Å². The molecule has 1 aliphatic carbocycles. The topological polar surface area (TPSA) is 49.4 Å². The summed E-state index contributed by atoms with van der Waals surface area (Å²) >= 11 is 1.65. The molecular formula is C21H23FN2O2S. The third kappa shape index (κ3) is 3.63. The first kappa shape index (κ1) is 18.2. The zero-order chi connectivity index (χ0) is 18.9. The smallest absolute Gasteiger partial charge is 0.256 e. The summed E-state index contributed by atoms with van der Waals surface area (Å²) < 4.78 is 13.8. The number of thiophene rings is 1. The summed E-state index contributed by atoms with van der Waals surface area (Å²) in [6, 6.07) is 10.2. The molecule has 1 aromatic carbocycles. The third-order valence-corrected chi connectivity index (χ3v) is 6.81. The van der Waals surface area contributed by atoms with Crippen LogP contribution < -0.4 is 5.32 Å². The monoisotopic (exact) mass is 386 g/mol. The summed E-state index contributed by atoms with van der Waals surface area (Å²) in [6.07, 6.45) is 3.50. The van der Waals surface area contributed by atoms with Crippen LogP contribution in [0.4, 0.5) is 4.39 Å². The molecule has 1 saturated heterocycles. The predicted molar refractivity (Wildman–Crippen MR) is 103 cm³/mol. The van der Waals surface area contributed by atoms with Crippen molar-refractivity contribution in [1.29, 1.82) is 0 Å². The predicted octanol–water partition coefficient (Wildman–Crippen LogP) is 3.59. The standard InChI is InChI=1S/C21H23FN2O2S/c22-17-5-2-1-4-16(17)19(25)24-11-7-15(8-12-24)14-23-20(26)21(9-10-21)18-6-3-13-27-18/h1-6,13,15H,7-12,14H2,(H,23,26). The van der Waals surface area contributed by atoms with Gasteiger partial charge in [0.1, 0.15) is 5.82 Å². The number of rotatable bonds is 5. The van der Waals surface area contributed by atoms with Crippen LogP contribution in [0.15, 0.2) is 41.8 Å². The fourth-order valence-corrected chi connectivity index (χ4v) is 4.80. The maximum Gasteiger partial charge on any atom is 0.256 e. The minimum absolute atomic E-state index is 0.134. The SMILES string of the molecule is O=C(c1ccccc1F)N1CCC(CNC(=O)C2(c3cccs3)CC2)CC1. The molecule has 1 N–H and O–H groups in total. The van der Waals surface area contributed by atoms with Crippen LogP contribution >= 0.6 is 11.3 Å². The molecule has 0 atom stereocenters. The van der Waals surface area contributed by atoms with E-state index in [2.05, 4.69) is 5.32 Å². The van der Waals surface area contributed by atoms with Crippen LogP contribution in [0.1, 0.15) is 40.9 Å². The molecule has 0 bridgehead atoms. The van der Waals surface area contributed by atoms with Gasteiger partial charge in [-0.15, -0.1) is 11.3 Å². The number of halogens is 1. The first-order valence-corrected chi connectivity index (χ1v) is 10.3. The molecule has 2 fully saturated rings. The summed E-state index contributed by atoms with van der Waals surface area (Å²) in [7, 11) is 0. The van der Waals surface area contributed by atoms with Gasteiger partial charge in [-0.1, -0.05) is 18.2 Å². The van der Waals surface area contributed by atoms with Crippen LogP contribution in [-0.4, -0.2) is 36.3 Å².